The molecule has 0 aliphatic heterocycles. The van der Waals surface area contributed by atoms with Gasteiger partial charge in [-0.05, 0) is 54.0 Å². The zero-order valence-corrected chi connectivity index (χ0v) is 17.0. The summed E-state index contributed by atoms with van der Waals surface area (Å²) >= 11 is 7.34. The lowest BCUT2D eigenvalue weighted by atomic mass is 10.1. The molecular formula is C23H24N2S2. The molecule has 1 atom stereocenters. The molecule has 0 saturated heterocycles. The Morgan fingerprint density at radius 3 is 2.15 bits per heavy atom. The number of nitrogens with one attached hydrogen (secondary N) is 2. The minimum atomic E-state index is 0.216. The molecule has 138 valence electrons. The molecule has 27 heavy (non-hydrogen) atoms. The van der Waals surface area contributed by atoms with Crippen LogP contribution < -0.4 is 10.6 Å². The van der Waals surface area contributed by atoms with Crippen molar-refractivity contribution < 1.29 is 0 Å². The van der Waals surface area contributed by atoms with Gasteiger partial charge in [-0.2, -0.15) is 0 Å². The average Bonchev–Trinajstić information content (AvgIpc) is 2.73. The van der Waals surface area contributed by atoms with Crippen molar-refractivity contribution in [3.8, 4) is 0 Å². The van der Waals surface area contributed by atoms with E-state index in [9.17, 15) is 0 Å². The van der Waals surface area contributed by atoms with Gasteiger partial charge in [-0.1, -0.05) is 67.6 Å². The van der Waals surface area contributed by atoms with Gasteiger partial charge < -0.3 is 10.6 Å². The highest BCUT2D eigenvalue weighted by Crippen LogP contribution is 2.23. The Morgan fingerprint density at radius 2 is 1.52 bits per heavy atom. The Morgan fingerprint density at radius 1 is 0.889 bits per heavy atom. The minimum absolute atomic E-state index is 0.216. The molecule has 0 aliphatic rings. The van der Waals surface area contributed by atoms with Crippen LogP contribution in [0.5, 0.6) is 0 Å². The number of anilines is 1. The highest BCUT2D eigenvalue weighted by molar-refractivity contribution is 7.98. The normalized spacial score (nSPS) is 11.6. The van der Waals surface area contributed by atoms with Crippen molar-refractivity contribution in [1.29, 1.82) is 0 Å². The third-order valence-electron chi connectivity index (χ3n) is 4.28. The zero-order chi connectivity index (χ0) is 18.9. The van der Waals surface area contributed by atoms with Gasteiger partial charge in [-0.15, -0.1) is 11.8 Å². The molecule has 2 nitrogen and oxygen atoms in total. The topological polar surface area (TPSA) is 24.1 Å². The molecule has 0 saturated carbocycles. The highest BCUT2D eigenvalue weighted by Gasteiger charge is 2.10. The van der Waals surface area contributed by atoms with Crippen molar-refractivity contribution in [3.63, 3.8) is 0 Å². The summed E-state index contributed by atoms with van der Waals surface area (Å²) in [5.74, 6) is 0.957. The number of hydrogen-bond donors (Lipinski definition) is 2. The van der Waals surface area contributed by atoms with Crippen LogP contribution in [0.1, 0.15) is 30.5 Å². The molecule has 0 aromatic heterocycles. The molecule has 0 spiro atoms. The fraction of sp³-hybridized carbons (Fsp3) is 0.174. The maximum Gasteiger partial charge on any atom is 0.171 e. The van der Waals surface area contributed by atoms with Gasteiger partial charge in [0.15, 0.2) is 5.11 Å². The Bertz CT molecular complexity index is 833. The lowest BCUT2D eigenvalue weighted by Gasteiger charge is -2.20. The molecular weight excluding hydrogens is 368 g/mol. The Balaban J connectivity index is 1.52. The zero-order valence-electron chi connectivity index (χ0n) is 15.4. The van der Waals surface area contributed by atoms with Crippen LogP contribution in [0.2, 0.25) is 0 Å². The van der Waals surface area contributed by atoms with E-state index in [1.165, 1.54) is 16.0 Å². The van der Waals surface area contributed by atoms with Crippen LogP contribution in [0.25, 0.3) is 0 Å². The Hall–Kier alpha value is -2.30. The molecule has 0 radical (unpaired) electrons. The summed E-state index contributed by atoms with van der Waals surface area (Å²) in [6.45, 7) is 2.16. The van der Waals surface area contributed by atoms with Crippen molar-refractivity contribution in [1.82, 2.24) is 5.32 Å². The van der Waals surface area contributed by atoms with Crippen LogP contribution >= 0.6 is 24.0 Å². The fourth-order valence-electron chi connectivity index (χ4n) is 2.80. The summed E-state index contributed by atoms with van der Waals surface area (Å²) in [5.41, 5.74) is 3.55. The summed E-state index contributed by atoms with van der Waals surface area (Å²) in [6.07, 6.45) is 0.974. The maximum absolute atomic E-state index is 5.50. The number of thiocarbonyl (C=S) groups is 1. The predicted molar refractivity (Wildman–Crippen MR) is 121 cm³/mol. The van der Waals surface area contributed by atoms with Crippen molar-refractivity contribution >= 4 is 34.8 Å². The lowest BCUT2D eigenvalue weighted by Crippen LogP contribution is -2.32. The molecule has 0 aliphatic carbocycles. The summed E-state index contributed by atoms with van der Waals surface area (Å²) in [4.78, 5) is 1.29. The average molecular weight is 393 g/mol. The first kappa shape index (κ1) is 19.5. The van der Waals surface area contributed by atoms with E-state index in [1.807, 2.05) is 23.9 Å². The van der Waals surface area contributed by atoms with Crippen LogP contribution in [-0.4, -0.2) is 5.11 Å². The van der Waals surface area contributed by atoms with E-state index >= 15 is 0 Å². The van der Waals surface area contributed by atoms with Gasteiger partial charge in [0, 0.05) is 16.3 Å². The summed E-state index contributed by atoms with van der Waals surface area (Å²) in [7, 11) is 0. The van der Waals surface area contributed by atoms with Crippen molar-refractivity contribution in [2.45, 2.75) is 30.0 Å². The lowest BCUT2D eigenvalue weighted by molar-refractivity contribution is 0.629. The van der Waals surface area contributed by atoms with Gasteiger partial charge in [0.1, 0.15) is 0 Å². The van der Waals surface area contributed by atoms with Crippen LogP contribution in [0.4, 0.5) is 5.69 Å². The molecule has 0 bridgehead atoms. The van der Waals surface area contributed by atoms with Crippen molar-refractivity contribution in [3.05, 3.63) is 96.1 Å². The van der Waals surface area contributed by atoms with E-state index in [2.05, 4.69) is 90.4 Å². The first-order valence-corrected chi connectivity index (χ1v) is 10.5. The number of thioether (sulfide) groups is 1. The van der Waals surface area contributed by atoms with E-state index < -0.39 is 0 Å². The Kier molecular flexibility index (Phi) is 7.31. The first-order valence-electron chi connectivity index (χ1n) is 9.14. The first-order chi connectivity index (χ1) is 13.2. The molecule has 0 unspecified atom stereocenters. The molecule has 3 aromatic carbocycles. The molecule has 4 heteroatoms. The van der Waals surface area contributed by atoms with Gasteiger partial charge in [-0.25, -0.2) is 0 Å². The second-order valence-corrected chi connectivity index (χ2v) is 7.73. The molecule has 0 fully saturated rings. The second kappa shape index (κ2) is 10.1. The van der Waals surface area contributed by atoms with Gasteiger partial charge in [-0.3, -0.25) is 0 Å². The van der Waals surface area contributed by atoms with E-state index in [0.29, 0.717) is 5.11 Å². The number of benzene rings is 3. The van der Waals surface area contributed by atoms with Crippen LogP contribution in [-0.2, 0) is 5.75 Å². The third-order valence-corrected chi connectivity index (χ3v) is 5.58. The molecule has 3 rings (SSSR count). The van der Waals surface area contributed by atoms with E-state index in [4.69, 9.17) is 12.2 Å². The van der Waals surface area contributed by atoms with Gasteiger partial charge in [0.2, 0.25) is 0 Å². The van der Waals surface area contributed by atoms with Gasteiger partial charge in [0.25, 0.3) is 0 Å². The number of rotatable bonds is 7. The van der Waals surface area contributed by atoms with Gasteiger partial charge in [0.05, 0.1) is 6.04 Å². The quantitative estimate of drug-likeness (QED) is 0.358. The monoisotopic (exact) mass is 392 g/mol. The molecule has 0 heterocycles. The smallest absolute Gasteiger partial charge is 0.171 e. The number of hydrogen-bond acceptors (Lipinski definition) is 2. The third kappa shape index (κ3) is 6.12. The predicted octanol–water partition coefficient (Wildman–Crippen LogP) is 6.42. The fourth-order valence-corrected chi connectivity index (χ4v) is 3.94. The standard InChI is InChI=1S/C23H24N2S2/c1-2-22(19-9-5-3-6-10-19)25-23(26)24-20-15-13-18(14-16-20)17-27-21-11-7-4-8-12-21/h3-16,22H,2,17H2,1H3,(H2,24,25,26)/t22-/m0/s1. The molecule has 2 N–H and O–H groups in total. The summed E-state index contributed by atoms with van der Waals surface area (Å²) < 4.78 is 0. The SMILES string of the molecule is CC[C@H](NC(=S)Nc1ccc(CSc2ccccc2)cc1)c1ccccc1. The minimum Gasteiger partial charge on any atom is -0.356 e. The van der Waals surface area contributed by atoms with E-state index in [1.54, 1.807) is 0 Å². The largest absolute Gasteiger partial charge is 0.356 e. The van der Waals surface area contributed by atoms with Crippen LogP contribution in [0.3, 0.4) is 0 Å². The second-order valence-electron chi connectivity index (χ2n) is 6.27. The maximum atomic E-state index is 5.50. The van der Waals surface area contributed by atoms with Crippen LogP contribution in [0, 0.1) is 0 Å². The molecule has 3 aromatic rings. The van der Waals surface area contributed by atoms with Crippen LogP contribution in [0.15, 0.2) is 89.8 Å². The van der Waals surface area contributed by atoms with E-state index in [-0.39, 0.29) is 6.04 Å². The van der Waals surface area contributed by atoms with Gasteiger partial charge >= 0.3 is 0 Å². The molecule has 0 amide bonds. The highest BCUT2D eigenvalue weighted by atomic mass is 32.2. The summed E-state index contributed by atoms with van der Waals surface area (Å²) in [5, 5.41) is 7.35. The Labute approximate surface area is 171 Å². The van der Waals surface area contributed by atoms with Crippen molar-refractivity contribution in [2.75, 3.05) is 5.32 Å². The summed E-state index contributed by atoms with van der Waals surface area (Å²) in [6, 6.07) is 29.5. The van der Waals surface area contributed by atoms with Crippen molar-refractivity contribution in [2.24, 2.45) is 0 Å². The van der Waals surface area contributed by atoms with E-state index in [0.717, 1.165) is 17.9 Å².